The lowest BCUT2D eigenvalue weighted by Gasteiger charge is -2.13. The molecule has 0 aliphatic rings. The molecule has 6 nitrogen and oxygen atoms in total. The van der Waals surface area contributed by atoms with Gasteiger partial charge in [0.15, 0.2) is 0 Å². The second-order valence-electron chi connectivity index (χ2n) is 6.50. The van der Waals surface area contributed by atoms with Crippen molar-refractivity contribution in [3.63, 3.8) is 0 Å². The smallest absolute Gasteiger partial charge is 0.269 e. The number of nitro groups is 1. The van der Waals surface area contributed by atoms with E-state index in [4.69, 9.17) is 4.74 Å². The maximum atomic E-state index is 10.7. The van der Waals surface area contributed by atoms with Crippen molar-refractivity contribution < 1.29 is 14.8 Å². The summed E-state index contributed by atoms with van der Waals surface area (Å²) >= 11 is 0. The Morgan fingerprint density at radius 1 is 1.00 bits per heavy atom. The fourth-order valence-corrected chi connectivity index (χ4v) is 2.83. The van der Waals surface area contributed by atoms with E-state index >= 15 is 0 Å². The van der Waals surface area contributed by atoms with E-state index in [0.717, 1.165) is 22.4 Å². The number of nitro benzene ring substituents is 1. The Balaban J connectivity index is 1.65. The predicted molar refractivity (Wildman–Crippen MR) is 112 cm³/mol. The second-order valence-corrected chi connectivity index (χ2v) is 6.50. The third-order valence-corrected chi connectivity index (χ3v) is 4.42. The summed E-state index contributed by atoms with van der Waals surface area (Å²) in [6.07, 6.45) is 2.15. The number of rotatable bonds is 9. The van der Waals surface area contributed by atoms with Crippen molar-refractivity contribution >= 4 is 11.9 Å². The first kappa shape index (κ1) is 20.2. The van der Waals surface area contributed by atoms with Crippen molar-refractivity contribution in [3.05, 3.63) is 106 Å². The lowest BCUT2D eigenvalue weighted by molar-refractivity contribution is -0.384. The van der Waals surface area contributed by atoms with Crippen molar-refractivity contribution in [2.24, 2.45) is 4.99 Å². The van der Waals surface area contributed by atoms with E-state index in [-0.39, 0.29) is 18.3 Å². The van der Waals surface area contributed by atoms with Gasteiger partial charge in [-0.1, -0.05) is 42.5 Å². The van der Waals surface area contributed by atoms with Crippen LogP contribution in [0, 0.1) is 10.1 Å². The molecule has 6 heteroatoms. The second kappa shape index (κ2) is 10.1. The Bertz CT molecular complexity index is 939. The standard InChI is InChI=1S/C23H22N2O4/c26-15-14-23(24-16-18-6-10-21(11-7-18)25(27)28)20-8-12-22(13-9-20)29-17-19-4-2-1-3-5-19/h1-13,16,23,26H,14-15,17H2/t23-/m1/s1. The van der Waals surface area contributed by atoms with Crippen LogP contribution in [-0.4, -0.2) is 22.9 Å². The lowest BCUT2D eigenvalue weighted by atomic mass is 10.0. The molecule has 29 heavy (non-hydrogen) atoms. The van der Waals surface area contributed by atoms with Gasteiger partial charge in [0.2, 0.25) is 0 Å². The van der Waals surface area contributed by atoms with Crippen molar-refractivity contribution in [2.75, 3.05) is 6.61 Å². The summed E-state index contributed by atoms with van der Waals surface area (Å²) in [5.74, 6) is 0.764. The molecule has 0 heterocycles. The first-order chi connectivity index (χ1) is 14.2. The van der Waals surface area contributed by atoms with Gasteiger partial charge in [0.05, 0.1) is 11.0 Å². The van der Waals surface area contributed by atoms with Gasteiger partial charge in [-0.05, 0) is 47.4 Å². The zero-order valence-electron chi connectivity index (χ0n) is 15.8. The molecular weight excluding hydrogens is 368 g/mol. The number of ether oxygens (including phenoxy) is 1. The molecule has 0 saturated heterocycles. The molecule has 0 aliphatic carbocycles. The number of aliphatic imine (C=N–C) groups is 1. The zero-order valence-corrected chi connectivity index (χ0v) is 15.8. The van der Waals surface area contributed by atoms with E-state index < -0.39 is 4.92 Å². The van der Waals surface area contributed by atoms with Crippen molar-refractivity contribution in [1.29, 1.82) is 0 Å². The number of benzene rings is 3. The molecule has 0 amide bonds. The topological polar surface area (TPSA) is 85.0 Å². The van der Waals surface area contributed by atoms with Crippen LogP contribution in [0.25, 0.3) is 0 Å². The van der Waals surface area contributed by atoms with Gasteiger partial charge in [-0.25, -0.2) is 0 Å². The first-order valence-electron chi connectivity index (χ1n) is 9.31. The third kappa shape index (κ3) is 5.99. The van der Waals surface area contributed by atoms with Crippen molar-refractivity contribution in [3.8, 4) is 5.75 Å². The highest BCUT2D eigenvalue weighted by Gasteiger charge is 2.10. The van der Waals surface area contributed by atoms with E-state index in [2.05, 4.69) is 4.99 Å². The molecule has 0 fully saturated rings. The largest absolute Gasteiger partial charge is 0.489 e. The van der Waals surface area contributed by atoms with Gasteiger partial charge in [0, 0.05) is 25.0 Å². The molecule has 3 aromatic carbocycles. The number of aliphatic hydroxyl groups excluding tert-OH is 1. The molecule has 1 atom stereocenters. The summed E-state index contributed by atoms with van der Waals surface area (Å²) in [4.78, 5) is 14.9. The van der Waals surface area contributed by atoms with Gasteiger partial charge in [-0.2, -0.15) is 0 Å². The molecule has 1 N–H and O–H groups in total. The predicted octanol–water partition coefficient (Wildman–Crippen LogP) is 4.72. The highest BCUT2D eigenvalue weighted by Crippen LogP contribution is 2.24. The number of nitrogens with zero attached hydrogens (tertiary/aromatic N) is 2. The van der Waals surface area contributed by atoms with E-state index in [1.165, 1.54) is 12.1 Å². The number of non-ortho nitro benzene ring substituents is 1. The first-order valence-corrected chi connectivity index (χ1v) is 9.31. The molecule has 3 rings (SSSR count). The van der Waals surface area contributed by atoms with Crippen LogP contribution in [0.1, 0.15) is 29.2 Å². The molecule has 0 aliphatic heterocycles. The molecular formula is C23H22N2O4. The molecule has 0 saturated carbocycles. The zero-order chi connectivity index (χ0) is 20.5. The van der Waals surface area contributed by atoms with Crippen LogP contribution in [0.4, 0.5) is 5.69 Å². The number of aliphatic hydroxyl groups is 1. The maximum Gasteiger partial charge on any atom is 0.269 e. The molecule has 148 valence electrons. The van der Waals surface area contributed by atoms with E-state index in [0.29, 0.717) is 13.0 Å². The summed E-state index contributed by atoms with van der Waals surface area (Å²) in [5.41, 5.74) is 2.87. The molecule has 3 aromatic rings. The maximum absolute atomic E-state index is 10.7. The molecule has 0 aromatic heterocycles. The average Bonchev–Trinajstić information content (AvgIpc) is 2.76. The van der Waals surface area contributed by atoms with Gasteiger partial charge in [0.25, 0.3) is 5.69 Å². The normalized spacial score (nSPS) is 12.0. The lowest BCUT2D eigenvalue weighted by Crippen LogP contribution is -2.01. The van der Waals surface area contributed by atoms with Crippen LogP contribution >= 0.6 is 0 Å². The Kier molecular flexibility index (Phi) is 7.08. The third-order valence-electron chi connectivity index (χ3n) is 4.42. The summed E-state index contributed by atoms with van der Waals surface area (Å²) in [6.45, 7) is 0.507. The summed E-state index contributed by atoms with van der Waals surface area (Å²) in [7, 11) is 0. The fourth-order valence-electron chi connectivity index (χ4n) is 2.83. The monoisotopic (exact) mass is 390 g/mol. The van der Waals surface area contributed by atoms with Gasteiger partial charge in [0.1, 0.15) is 12.4 Å². The fraction of sp³-hybridized carbons (Fsp3) is 0.174. The minimum Gasteiger partial charge on any atom is -0.489 e. The summed E-state index contributed by atoms with van der Waals surface area (Å²) < 4.78 is 5.80. The van der Waals surface area contributed by atoms with Crippen LogP contribution in [0.2, 0.25) is 0 Å². The van der Waals surface area contributed by atoms with Gasteiger partial charge in [-0.15, -0.1) is 0 Å². The van der Waals surface area contributed by atoms with Crippen LogP contribution in [0.15, 0.2) is 83.9 Å². The summed E-state index contributed by atoms with van der Waals surface area (Å²) in [6, 6.07) is 23.6. The van der Waals surface area contributed by atoms with E-state index in [1.54, 1.807) is 18.3 Å². The van der Waals surface area contributed by atoms with Crippen molar-refractivity contribution in [1.82, 2.24) is 0 Å². The summed E-state index contributed by atoms with van der Waals surface area (Å²) in [5, 5.41) is 20.1. The quantitative estimate of drug-likeness (QED) is 0.326. The highest BCUT2D eigenvalue weighted by molar-refractivity contribution is 5.80. The van der Waals surface area contributed by atoms with Gasteiger partial charge < -0.3 is 9.84 Å². The van der Waals surface area contributed by atoms with Gasteiger partial charge in [-0.3, -0.25) is 15.1 Å². The Morgan fingerprint density at radius 2 is 1.69 bits per heavy atom. The highest BCUT2D eigenvalue weighted by atomic mass is 16.6. The average molecular weight is 390 g/mol. The van der Waals surface area contributed by atoms with E-state index in [1.807, 2.05) is 54.6 Å². The Morgan fingerprint density at radius 3 is 2.31 bits per heavy atom. The number of hydrogen-bond acceptors (Lipinski definition) is 5. The molecule has 0 radical (unpaired) electrons. The van der Waals surface area contributed by atoms with Crippen LogP contribution in [0.3, 0.4) is 0 Å². The van der Waals surface area contributed by atoms with E-state index in [9.17, 15) is 15.2 Å². The minimum atomic E-state index is -0.434. The van der Waals surface area contributed by atoms with Crippen LogP contribution in [-0.2, 0) is 6.61 Å². The Hall–Kier alpha value is -3.51. The molecule has 0 unspecified atom stereocenters. The van der Waals surface area contributed by atoms with Crippen LogP contribution < -0.4 is 4.74 Å². The molecule has 0 spiro atoms. The SMILES string of the molecule is O=[N+]([O-])c1ccc(C=N[C@H](CCO)c2ccc(OCc3ccccc3)cc2)cc1. The van der Waals surface area contributed by atoms with Gasteiger partial charge >= 0.3 is 0 Å². The number of hydrogen-bond donors (Lipinski definition) is 1. The Labute approximate surface area is 169 Å². The van der Waals surface area contributed by atoms with Crippen LogP contribution in [0.5, 0.6) is 5.75 Å². The minimum absolute atomic E-state index is 0.00846. The molecule has 0 bridgehead atoms. The van der Waals surface area contributed by atoms with Crippen molar-refractivity contribution in [2.45, 2.75) is 19.1 Å².